The number of nitrogens with one attached hydrogen (secondary N) is 2. The molecular formula is C15H20N2O4. The number of carboxylic acid groups (broad SMARTS) is 1. The van der Waals surface area contributed by atoms with Crippen molar-refractivity contribution in [3.8, 4) is 0 Å². The fraction of sp³-hybridized carbons (Fsp3) is 0.400. The quantitative estimate of drug-likeness (QED) is 0.710. The van der Waals surface area contributed by atoms with Gasteiger partial charge in [-0.2, -0.15) is 0 Å². The van der Waals surface area contributed by atoms with Crippen LogP contribution in [0.3, 0.4) is 0 Å². The third-order valence-corrected chi connectivity index (χ3v) is 2.89. The number of carboxylic acids is 1. The van der Waals surface area contributed by atoms with Crippen molar-refractivity contribution in [1.29, 1.82) is 0 Å². The van der Waals surface area contributed by atoms with Crippen LogP contribution < -0.4 is 10.6 Å². The molecule has 0 aliphatic carbocycles. The minimum atomic E-state index is -1.04. The van der Waals surface area contributed by atoms with Crippen molar-refractivity contribution in [2.45, 2.75) is 39.2 Å². The number of anilines is 1. The molecule has 1 rings (SSSR count). The predicted molar refractivity (Wildman–Crippen MR) is 78.9 cm³/mol. The van der Waals surface area contributed by atoms with Crippen LogP contribution >= 0.6 is 0 Å². The van der Waals surface area contributed by atoms with Crippen LogP contribution in [-0.4, -0.2) is 28.9 Å². The number of carbonyl (C=O) groups is 3. The van der Waals surface area contributed by atoms with E-state index in [0.29, 0.717) is 24.1 Å². The molecule has 1 unspecified atom stereocenters. The van der Waals surface area contributed by atoms with E-state index < -0.39 is 12.0 Å². The average Bonchev–Trinajstić information content (AvgIpc) is 2.39. The Kier molecular flexibility index (Phi) is 6.39. The summed E-state index contributed by atoms with van der Waals surface area (Å²) in [6, 6.07) is 6.05. The molecule has 0 heterocycles. The van der Waals surface area contributed by atoms with Gasteiger partial charge in [0, 0.05) is 12.6 Å². The van der Waals surface area contributed by atoms with E-state index in [-0.39, 0.29) is 18.2 Å². The Balaban J connectivity index is 2.74. The Morgan fingerprint density at radius 2 is 1.90 bits per heavy atom. The van der Waals surface area contributed by atoms with E-state index in [1.54, 1.807) is 24.3 Å². The van der Waals surface area contributed by atoms with Crippen molar-refractivity contribution in [2.75, 3.05) is 5.32 Å². The first-order valence-electron chi connectivity index (χ1n) is 6.81. The summed E-state index contributed by atoms with van der Waals surface area (Å²) in [6.07, 6.45) is 1.07. The molecule has 21 heavy (non-hydrogen) atoms. The van der Waals surface area contributed by atoms with Gasteiger partial charge in [0.2, 0.25) is 11.8 Å². The largest absolute Gasteiger partial charge is 0.480 e. The molecule has 2 amide bonds. The van der Waals surface area contributed by atoms with Crippen molar-refractivity contribution in [3.05, 3.63) is 29.8 Å². The number of rotatable bonds is 7. The first-order chi connectivity index (χ1) is 9.93. The van der Waals surface area contributed by atoms with Crippen LogP contribution in [0.2, 0.25) is 0 Å². The Morgan fingerprint density at radius 3 is 2.48 bits per heavy atom. The zero-order chi connectivity index (χ0) is 15.8. The van der Waals surface area contributed by atoms with E-state index in [1.807, 2.05) is 6.92 Å². The minimum Gasteiger partial charge on any atom is -0.480 e. The van der Waals surface area contributed by atoms with Gasteiger partial charge < -0.3 is 15.7 Å². The monoisotopic (exact) mass is 292 g/mol. The summed E-state index contributed by atoms with van der Waals surface area (Å²) in [7, 11) is 0. The third kappa shape index (κ3) is 5.64. The summed E-state index contributed by atoms with van der Waals surface area (Å²) in [6.45, 7) is 3.24. The first-order valence-corrected chi connectivity index (χ1v) is 6.81. The summed E-state index contributed by atoms with van der Waals surface area (Å²) in [4.78, 5) is 34.1. The maximum absolute atomic E-state index is 12.0. The second-order valence-corrected chi connectivity index (χ2v) is 4.76. The molecule has 0 aromatic heterocycles. The van der Waals surface area contributed by atoms with E-state index in [9.17, 15) is 14.4 Å². The highest BCUT2D eigenvalue weighted by molar-refractivity contribution is 5.91. The van der Waals surface area contributed by atoms with Crippen molar-refractivity contribution in [3.63, 3.8) is 0 Å². The Morgan fingerprint density at radius 1 is 1.24 bits per heavy atom. The number of hydrogen-bond acceptors (Lipinski definition) is 3. The van der Waals surface area contributed by atoms with E-state index in [2.05, 4.69) is 10.6 Å². The van der Waals surface area contributed by atoms with Crippen LogP contribution in [0.1, 0.15) is 32.3 Å². The zero-order valence-electron chi connectivity index (χ0n) is 12.2. The van der Waals surface area contributed by atoms with Gasteiger partial charge in [-0.15, -0.1) is 0 Å². The zero-order valence-corrected chi connectivity index (χ0v) is 12.2. The highest BCUT2D eigenvalue weighted by atomic mass is 16.4. The van der Waals surface area contributed by atoms with E-state index in [1.165, 1.54) is 6.92 Å². The predicted octanol–water partition coefficient (Wildman–Crippen LogP) is 1.56. The van der Waals surface area contributed by atoms with Crippen molar-refractivity contribution < 1.29 is 19.5 Å². The van der Waals surface area contributed by atoms with Gasteiger partial charge in [-0.25, -0.2) is 4.79 Å². The highest BCUT2D eigenvalue weighted by Crippen LogP contribution is 2.15. The number of benzene rings is 1. The van der Waals surface area contributed by atoms with Gasteiger partial charge in [-0.1, -0.05) is 31.5 Å². The van der Waals surface area contributed by atoms with Gasteiger partial charge in [-0.3, -0.25) is 9.59 Å². The summed E-state index contributed by atoms with van der Waals surface area (Å²) < 4.78 is 0. The number of amides is 2. The summed E-state index contributed by atoms with van der Waals surface area (Å²) in [5.74, 6) is -1.65. The lowest BCUT2D eigenvalue weighted by atomic mass is 10.1. The number of carbonyl (C=O) groups excluding carboxylic acids is 2. The lowest BCUT2D eigenvalue weighted by molar-refractivity contribution is -0.141. The summed E-state index contributed by atoms with van der Waals surface area (Å²) in [5.41, 5.74) is 1.20. The molecule has 0 radical (unpaired) electrons. The Labute approximate surface area is 123 Å². The Hall–Kier alpha value is -2.37. The fourth-order valence-electron chi connectivity index (χ4n) is 1.95. The molecule has 0 bridgehead atoms. The van der Waals surface area contributed by atoms with Crippen LogP contribution in [0.5, 0.6) is 0 Å². The molecule has 1 aromatic carbocycles. The lowest BCUT2D eigenvalue weighted by Gasteiger charge is -2.14. The number of para-hydroxylation sites is 1. The molecule has 0 aliphatic heterocycles. The lowest BCUT2D eigenvalue weighted by Crippen LogP contribution is -2.41. The fourth-order valence-corrected chi connectivity index (χ4v) is 1.95. The maximum atomic E-state index is 12.0. The second-order valence-electron chi connectivity index (χ2n) is 4.76. The molecule has 6 heteroatoms. The normalized spacial score (nSPS) is 11.5. The van der Waals surface area contributed by atoms with Crippen LogP contribution in [0, 0.1) is 0 Å². The van der Waals surface area contributed by atoms with Crippen LogP contribution in [-0.2, 0) is 20.8 Å². The average molecular weight is 292 g/mol. The molecule has 0 spiro atoms. The van der Waals surface area contributed by atoms with Gasteiger partial charge in [-0.05, 0) is 18.1 Å². The molecule has 114 valence electrons. The van der Waals surface area contributed by atoms with E-state index in [0.717, 1.165) is 0 Å². The van der Waals surface area contributed by atoms with Gasteiger partial charge in [0.1, 0.15) is 6.04 Å². The SMILES string of the molecule is CCCC(NC(=O)Cc1ccccc1NC(C)=O)C(=O)O. The number of aliphatic carboxylic acids is 1. The number of hydrogen-bond donors (Lipinski definition) is 3. The van der Waals surface area contributed by atoms with Crippen LogP contribution in [0.25, 0.3) is 0 Å². The van der Waals surface area contributed by atoms with Crippen molar-refractivity contribution in [1.82, 2.24) is 5.32 Å². The molecule has 6 nitrogen and oxygen atoms in total. The molecule has 0 fully saturated rings. The minimum absolute atomic E-state index is 0.0178. The first kappa shape index (κ1) is 16.7. The molecule has 0 saturated carbocycles. The van der Waals surface area contributed by atoms with Gasteiger partial charge >= 0.3 is 5.97 Å². The van der Waals surface area contributed by atoms with E-state index >= 15 is 0 Å². The van der Waals surface area contributed by atoms with Crippen LogP contribution in [0.4, 0.5) is 5.69 Å². The van der Waals surface area contributed by atoms with Gasteiger partial charge in [0.25, 0.3) is 0 Å². The third-order valence-electron chi connectivity index (χ3n) is 2.89. The highest BCUT2D eigenvalue weighted by Gasteiger charge is 2.19. The molecule has 3 N–H and O–H groups in total. The van der Waals surface area contributed by atoms with Gasteiger partial charge in [0.05, 0.1) is 6.42 Å². The summed E-state index contributed by atoms with van der Waals surface area (Å²) in [5, 5.41) is 14.2. The topological polar surface area (TPSA) is 95.5 Å². The molecule has 0 aliphatic rings. The van der Waals surface area contributed by atoms with Crippen LogP contribution in [0.15, 0.2) is 24.3 Å². The maximum Gasteiger partial charge on any atom is 0.326 e. The Bertz CT molecular complexity index is 528. The van der Waals surface area contributed by atoms with Crippen molar-refractivity contribution in [2.24, 2.45) is 0 Å². The van der Waals surface area contributed by atoms with E-state index in [4.69, 9.17) is 5.11 Å². The molecular weight excluding hydrogens is 272 g/mol. The summed E-state index contributed by atoms with van der Waals surface area (Å²) >= 11 is 0. The molecule has 0 saturated heterocycles. The van der Waals surface area contributed by atoms with Crippen molar-refractivity contribution >= 4 is 23.5 Å². The smallest absolute Gasteiger partial charge is 0.326 e. The second kappa shape index (κ2) is 8.04. The van der Waals surface area contributed by atoms with Gasteiger partial charge in [0.15, 0.2) is 0 Å². The molecule has 1 aromatic rings. The standard InChI is InChI=1S/C15H20N2O4/c1-3-6-13(15(20)21)17-14(19)9-11-7-4-5-8-12(11)16-10(2)18/h4-5,7-8,13H,3,6,9H2,1-2H3,(H,16,18)(H,17,19)(H,20,21). The molecule has 1 atom stereocenters.